The van der Waals surface area contributed by atoms with E-state index in [9.17, 15) is 21.6 Å². The molecule has 0 spiro atoms. The average Bonchev–Trinajstić information content (AvgIpc) is 2.90. The average molecular weight is 562 g/mol. The summed E-state index contributed by atoms with van der Waals surface area (Å²) in [6, 6.07) is 18.8. The molecular weight excluding hydrogens is 538 g/mol. The summed E-state index contributed by atoms with van der Waals surface area (Å²) in [5, 5.41) is 3.89. The van der Waals surface area contributed by atoms with Crippen molar-refractivity contribution in [1.29, 1.82) is 0 Å². The van der Waals surface area contributed by atoms with Gasteiger partial charge >= 0.3 is 0 Å². The highest BCUT2D eigenvalue weighted by molar-refractivity contribution is 7.95. The molecule has 3 aromatic carbocycles. The van der Waals surface area contributed by atoms with Crippen LogP contribution in [0.5, 0.6) is 0 Å². The van der Waals surface area contributed by atoms with Crippen LogP contribution < -0.4 is 10.0 Å². The van der Waals surface area contributed by atoms with Gasteiger partial charge in [0.15, 0.2) is 0 Å². The Hall–Kier alpha value is -3.22. The molecule has 1 aliphatic rings. The van der Waals surface area contributed by atoms with Crippen LogP contribution in [0.4, 0.5) is 11.4 Å². The van der Waals surface area contributed by atoms with E-state index in [-0.39, 0.29) is 34.3 Å². The summed E-state index contributed by atoms with van der Waals surface area (Å²) in [7, 11) is -7.62. The van der Waals surface area contributed by atoms with Gasteiger partial charge in [0.2, 0.25) is 10.0 Å². The Morgan fingerprint density at radius 1 is 0.919 bits per heavy atom. The third-order valence-electron chi connectivity index (χ3n) is 5.44. The number of carbonyl (C=O) groups is 1. The molecule has 1 fully saturated rings. The van der Waals surface area contributed by atoms with E-state index in [1.165, 1.54) is 52.8 Å². The molecule has 2 N–H and O–H groups in total. The van der Waals surface area contributed by atoms with Gasteiger partial charge in [-0.3, -0.25) is 9.52 Å². The van der Waals surface area contributed by atoms with Gasteiger partial charge < -0.3 is 10.1 Å². The Labute approximate surface area is 220 Å². The van der Waals surface area contributed by atoms with Crippen LogP contribution in [0.3, 0.4) is 0 Å². The van der Waals surface area contributed by atoms with E-state index in [1.807, 2.05) is 6.07 Å². The van der Waals surface area contributed by atoms with E-state index in [0.717, 1.165) is 5.41 Å². The lowest BCUT2D eigenvalue weighted by molar-refractivity contribution is 0.0730. The van der Waals surface area contributed by atoms with Crippen molar-refractivity contribution in [2.75, 3.05) is 36.3 Å². The number of halogens is 1. The van der Waals surface area contributed by atoms with Crippen molar-refractivity contribution in [1.82, 2.24) is 4.31 Å². The number of sulfonamides is 2. The molecule has 12 heteroatoms. The smallest absolute Gasteiger partial charge is 0.257 e. The van der Waals surface area contributed by atoms with Gasteiger partial charge in [-0.05, 0) is 54.1 Å². The van der Waals surface area contributed by atoms with Crippen molar-refractivity contribution < 1.29 is 26.4 Å². The third kappa shape index (κ3) is 6.96. The first-order chi connectivity index (χ1) is 17.6. The first kappa shape index (κ1) is 26.8. The molecule has 3 aromatic rings. The molecule has 37 heavy (non-hydrogen) atoms. The summed E-state index contributed by atoms with van der Waals surface area (Å²) in [6.45, 7) is 1.21. The van der Waals surface area contributed by atoms with Crippen LogP contribution in [0.2, 0.25) is 5.02 Å². The van der Waals surface area contributed by atoms with Crippen LogP contribution in [0.25, 0.3) is 6.08 Å². The summed E-state index contributed by atoms with van der Waals surface area (Å²) in [4.78, 5) is 13.1. The van der Waals surface area contributed by atoms with Crippen molar-refractivity contribution >= 4 is 55.0 Å². The summed E-state index contributed by atoms with van der Waals surface area (Å²) >= 11 is 6.07. The van der Waals surface area contributed by atoms with Crippen molar-refractivity contribution in [3.05, 3.63) is 94.4 Å². The molecule has 9 nitrogen and oxygen atoms in total. The van der Waals surface area contributed by atoms with Gasteiger partial charge in [-0.25, -0.2) is 16.8 Å². The molecule has 0 atom stereocenters. The maximum atomic E-state index is 13.0. The fourth-order valence-electron chi connectivity index (χ4n) is 3.56. The maximum absolute atomic E-state index is 13.0. The lowest BCUT2D eigenvalue weighted by Gasteiger charge is -2.26. The number of anilines is 2. The van der Waals surface area contributed by atoms with Gasteiger partial charge in [-0.1, -0.05) is 41.9 Å². The largest absolute Gasteiger partial charge is 0.379 e. The fourth-order valence-corrected chi connectivity index (χ4v) is 6.03. The third-order valence-corrected chi connectivity index (χ3v) is 8.58. The zero-order valence-corrected chi connectivity index (χ0v) is 21.9. The Bertz CT molecular complexity index is 1500. The SMILES string of the molecule is O=C(Nc1ccc(S(=O)(=O)N2CCOCC2)cc1)c1cc(Cl)ccc1NS(=O)(=O)C=Cc1ccccc1. The number of hydrogen-bond donors (Lipinski definition) is 2. The van der Waals surface area contributed by atoms with E-state index in [4.69, 9.17) is 16.3 Å². The summed E-state index contributed by atoms with van der Waals surface area (Å²) < 4.78 is 59.8. The van der Waals surface area contributed by atoms with Crippen LogP contribution in [0, 0.1) is 0 Å². The first-order valence-corrected chi connectivity index (χ1v) is 14.6. The zero-order chi connectivity index (χ0) is 26.5. The Morgan fingerprint density at radius 3 is 2.27 bits per heavy atom. The summed E-state index contributed by atoms with van der Waals surface area (Å²) in [5.41, 5.74) is 1.05. The molecule has 1 heterocycles. The molecule has 194 valence electrons. The Morgan fingerprint density at radius 2 is 1.59 bits per heavy atom. The second kappa shape index (κ2) is 11.4. The van der Waals surface area contributed by atoms with Gasteiger partial charge in [0, 0.05) is 23.8 Å². The van der Waals surface area contributed by atoms with Gasteiger partial charge in [0.25, 0.3) is 15.9 Å². The molecule has 0 unspecified atom stereocenters. The minimum Gasteiger partial charge on any atom is -0.379 e. The number of rotatable bonds is 8. The number of hydrogen-bond acceptors (Lipinski definition) is 6. The fraction of sp³-hybridized carbons (Fsp3) is 0.160. The molecule has 0 aliphatic carbocycles. The van der Waals surface area contributed by atoms with Crippen molar-refractivity contribution in [3.63, 3.8) is 0 Å². The van der Waals surface area contributed by atoms with Crippen LogP contribution in [-0.2, 0) is 24.8 Å². The van der Waals surface area contributed by atoms with Crippen LogP contribution in [0.15, 0.2) is 83.1 Å². The quantitative estimate of drug-likeness (QED) is 0.428. The number of nitrogens with one attached hydrogen (secondary N) is 2. The molecule has 0 bridgehead atoms. The second-order valence-corrected chi connectivity index (χ2v) is 12.0. The van der Waals surface area contributed by atoms with Crippen LogP contribution in [0.1, 0.15) is 15.9 Å². The van der Waals surface area contributed by atoms with Gasteiger partial charge in [-0.2, -0.15) is 4.31 Å². The predicted octanol–water partition coefficient (Wildman–Crippen LogP) is 4.03. The normalized spacial score (nSPS) is 14.9. The summed E-state index contributed by atoms with van der Waals surface area (Å²) in [5.74, 6) is -0.629. The molecule has 0 aromatic heterocycles. The van der Waals surface area contributed by atoms with E-state index in [2.05, 4.69) is 10.0 Å². The van der Waals surface area contributed by atoms with Crippen molar-refractivity contribution in [3.8, 4) is 0 Å². The molecule has 1 amide bonds. The molecule has 4 rings (SSSR count). The lowest BCUT2D eigenvalue weighted by Crippen LogP contribution is -2.40. The Kier molecular flexibility index (Phi) is 8.30. The van der Waals surface area contributed by atoms with Gasteiger partial charge in [0.1, 0.15) is 0 Å². The van der Waals surface area contributed by atoms with Crippen molar-refractivity contribution in [2.45, 2.75) is 4.90 Å². The monoisotopic (exact) mass is 561 g/mol. The van der Waals surface area contributed by atoms with Crippen molar-refractivity contribution in [2.24, 2.45) is 0 Å². The minimum atomic E-state index is -3.94. The number of benzene rings is 3. The number of carbonyl (C=O) groups excluding carboxylic acids is 1. The standard InChI is InChI=1S/C25H24ClN3O6S2/c26-20-6-11-24(28-36(31,32)17-12-19-4-2-1-3-5-19)23(18-20)25(30)27-21-7-9-22(10-8-21)37(33,34)29-13-15-35-16-14-29/h1-12,17-18,28H,13-16H2,(H,27,30). The van der Waals surface area contributed by atoms with Gasteiger partial charge in [0.05, 0.1) is 34.8 Å². The molecule has 0 radical (unpaired) electrons. The first-order valence-electron chi connectivity index (χ1n) is 11.2. The maximum Gasteiger partial charge on any atom is 0.257 e. The summed E-state index contributed by atoms with van der Waals surface area (Å²) in [6.07, 6.45) is 1.44. The molecular formula is C25H24ClN3O6S2. The van der Waals surface area contributed by atoms with Gasteiger partial charge in [-0.15, -0.1) is 0 Å². The van der Waals surface area contributed by atoms with Crippen LogP contribution in [-0.4, -0.2) is 53.4 Å². The van der Waals surface area contributed by atoms with E-state index >= 15 is 0 Å². The number of ether oxygens (including phenoxy) is 1. The van der Waals surface area contributed by atoms with E-state index in [0.29, 0.717) is 24.5 Å². The number of amides is 1. The topological polar surface area (TPSA) is 122 Å². The highest BCUT2D eigenvalue weighted by Crippen LogP contribution is 2.25. The highest BCUT2D eigenvalue weighted by Gasteiger charge is 2.26. The van der Waals surface area contributed by atoms with Crippen LogP contribution >= 0.6 is 11.6 Å². The molecule has 0 saturated carbocycles. The molecule has 1 aliphatic heterocycles. The number of morpholine rings is 1. The zero-order valence-electron chi connectivity index (χ0n) is 19.5. The van der Waals surface area contributed by atoms with E-state index in [1.54, 1.807) is 24.3 Å². The Balaban J connectivity index is 1.50. The second-order valence-electron chi connectivity index (χ2n) is 8.05. The highest BCUT2D eigenvalue weighted by atomic mass is 35.5. The predicted molar refractivity (Wildman–Crippen MR) is 143 cm³/mol. The number of nitrogens with zero attached hydrogens (tertiary/aromatic N) is 1. The lowest BCUT2D eigenvalue weighted by atomic mass is 10.1. The molecule has 1 saturated heterocycles. The minimum absolute atomic E-state index is 0.00537. The van der Waals surface area contributed by atoms with E-state index < -0.39 is 26.0 Å².